The van der Waals surface area contributed by atoms with Gasteiger partial charge in [0.1, 0.15) is 22.8 Å². The molecule has 198 valence electrons. The summed E-state index contributed by atoms with van der Waals surface area (Å²) in [5.41, 5.74) is 6.04. The number of nitrogens with two attached hydrogens (primary N) is 1. The Morgan fingerprint density at radius 3 is 2.49 bits per heavy atom. The van der Waals surface area contributed by atoms with Gasteiger partial charge in [-0.15, -0.1) is 0 Å². The summed E-state index contributed by atoms with van der Waals surface area (Å²) in [5, 5.41) is 35.2. The second kappa shape index (κ2) is 9.89. The predicted molar refractivity (Wildman–Crippen MR) is 131 cm³/mol. The van der Waals surface area contributed by atoms with Crippen LogP contribution in [-0.2, 0) is 32.1 Å². The van der Waals surface area contributed by atoms with Crippen LogP contribution in [0.15, 0.2) is 29.0 Å². The number of hydrogen-bond acceptors (Lipinski definition) is 9. The number of hydrogen-bond donors (Lipinski definition) is 5. The summed E-state index contributed by atoms with van der Waals surface area (Å²) in [6, 6.07) is 2.18. The van der Waals surface area contributed by atoms with Crippen molar-refractivity contribution in [2.45, 2.75) is 38.8 Å². The molecule has 3 aliphatic rings. The maximum Gasteiger partial charge on any atom is 0.407 e. The maximum atomic E-state index is 13.7. The van der Waals surface area contributed by atoms with E-state index in [1.807, 2.05) is 6.92 Å². The number of ether oxygens (including phenoxy) is 1. The number of nitrogens with one attached hydrogen (secondary N) is 1. The fourth-order valence-corrected chi connectivity index (χ4v) is 5.91. The van der Waals surface area contributed by atoms with Crippen LogP contribution in [-0.4, -0.2) is 70.5 Å². The van der Waals surface area contributed by atoms with Crippen LogP contribution >= 0.6 is 0 Å². The molecule has 0 saturated heterocycles. The molecule has 37 heavy (non-hydrogen) atoms. The number of carbonyl (C=O) groups excluding carboxylic acids is 4. The van der Waals surface area contributed by atoms with Gasteiger partial charge in [0.25, 0.3) is 5.91 Å². The molecule has 11 heteroatoms. The number of aliphatic hydroxyl groups is 2. The number of phenols is 1. The fraction of sp³-hybridized carbons (Fsp3) is 0.462. The topological polar surface area (TPSA) is 179 Å². The number of carbonyl (C=O) groups is 4. The quantitative estimate of drug-likeness (QED) is 0.278. The summed E-state index contributed by atoms with van der Waals surface area (Å²) in [5.74, 6) is -6.27. The molecule has 1 saturated carbocycles. The molecule has 2 amide bonds. The Labute approximate surface area is 213 Å². The number of ketones is 2. The highest BCUT2D eigenvalue weighted by Gasteiger charge is 2.55. The van der Waals surface area contributed by atoms with Crippen LogP contribution < -0.4 is 11.1 Å². The number of alkyl carbamates (subject to hydrolysis) is 1. The molecule has 6 N–H and O–H groups in total. The van der Waals surface area contributed by atoms with E-state index in [1.54, 1.807) is 25.1 Å². The van der Waals surface area contributed by atoms with Crippen molar-refractivity contribution in [3.63, 3.8) is 0 Å². The molecule has 0 radical (unpaired) electrons. The molecule has 0 aliphatic heterocycles. The highest BCUT2D eigenvalue weighted by Crippen LogP contribution is 2.50. The van der Waals surface area contributed by atoms with E-state index >= 15 is 0 Å². The van der Waals surface area contributed by atoms with Gasteiger partial charge < -0.3 is 31.1 Å². The predicted octanol–water partition coefficient (Wildman–Crippen LogP) is 1.49. The minimum atomic E-state index is -1.30. The molecular formula is C26H31N3O8. The Morgan fingerprint density at radius 2 is 1.86 bits per heavy atom. The number of benzene rings is 1. The largest absolute Gasteiger partial charge is 0.510 e. The minimum absolute atomic E-state index is 0.00702. The molecule has 4 atom stereocenters. The number of fused-ring (bicyclic) bond motifs is 3. The number of amides is 2. The van der Waals surface area contributed by atoms with Gasteiger partial charge in [0, 0.05) is 12.1 Å². The zero-order valence-corrected chi connectivity index (χ0v) is 20.9. The van der Waals surface area contributed by atoms with Gasteiger partial charge >= 0.3 is 6.09 Å². The first-order valence-corrected chi connectivity index (χ1v) is 12.1. The van der Waals surface area contributed by atoms with Crippen LogP contribution in [0.1, 0.15) is 36.5 Å². The smallest absolute Gasteiger partial charge is 0.407 e. The van der Waals surface area contributed by atoms with Crippen molar-refractivity contribution in [3.8, 4) is 5.75 Å². The molecule has 1 fully saturated rings. The number of Topliss-reactive ketones (excluding diaryl/α,β-unsaturated/α-hetero) is 2. The molecule has 1 aromatic rings. The monoisotopic (exact) mass is 513 g/mol. The van der Waals surface area contributed by atoms with Crippen molar-refractivity contribution in [2.75, 3.05) is 20.7 Å². The number of likely N-dealkylation sites (N-methyl/N-ethyl adjacent to an activating group) is 1. The molecule has 3 aliphatic carbocycles. The van der Waals surface area contributed by atoms with E-state index in [0.29, 0.717) is 17.5 Å². The average molecular weight is 514 g/mol. The van der Waals surface area contributed by atoms with E-state index in [9.17, 15) is 34.5 Å². The van der Waals surface area contributed by atoms with Gasteiger partial charge in [0.2, 0.25) is 0 Å². The van der Waals surface area contributed by atoms with Crippen molar-refractivity contribution in [3.05, 3.63) is 45.7 Å². The van der Waals surface area contributed by atoms with Gasteiger partial charge in [-0.25, -0.2) is 4.79 Å². The summed E-state index contributed by atoms with van der Waals surface area (Å²) in [6.07, 6.45) is 0.572. The zero-order valence-electron chi connectivity index (χ0n) is 20.9. The molecule has 0 bridgehead atoms. The summed E-state index contributed by atoms with van der Waals surface area (Å²) >= 11 is 0. The van der Waals surface area contributed by atoms with Crippen LogP contribution in [0.5, 0.6) is 5.75 Å². The number of aromatic hydroxyl groups is 1. The van der Waals surface area contributed by atoms with Gasteiger partial charge in [-0.3, -0.25) is 19.3 Å². The lowest BCUT2D eigenvalue weighted by Crippen LogP contribution is -2.55. The van der Waals surface area contributed by atoms with Crippen molar-refractivity contribution in [1.29, 1.82) is 0 Å². The van der Waals surface area contributed by atoms with E-state index in [4.69, 9.17) is 10.5 Å². The lowest BCUT2D eigenvalue weighted by molar-refractivity contribution is -0.136. The molecule has 1 aromatic carbocycles. The fourth-order valence-electron chi connectivity index (χ4n) is 5.91. The molecular weight excluding hydrogens is 482 g/mol. The number of rotatable bonds is 6. The van der Waals surface area contributed by atoms with Crippen LogP contribution in [0.4, 0.5) is 4.79 Å². The van der Waals surface area contributed by atoms with Gasteiger partial charge in [-0.05, 0) is 62.4 Å². The molecule has 1 unspecified atom stereocenters. The summed E-state index contributed by atoms with van der Waals surface area (Å²) < 4.78 is 5.04. The minimum Gasteiger partial charge on any atom is -0.510 e. The van der Waals surface area contributed by atoms with Crippen LogP contribution in [0.25, 0.3) is 5.76 Å². The number of allylic oxidation sites excluding steroid dienone is 1. The van der Waals surface area contributed by atoms with Crippen molar-refractivity contribution in [1.82, 2.24) is 10.2 Å². The Bertz CT molecular complexity index is 1250. The van der Waals surface area contributed by atoms with E-state index in [1.165, 1.54) is 6.07 Å². The lowest BCUT2D eigenvalue weighted by atomic mass is 9.59. The normalized spacial score (nSPS) is 25.0. The second-order valence-corrected chi connectivity index (χ2v) is 9.89. The highest BCUT2D eigenvalue weighted by molar-refractivity contribution is 6.28. The van der Waals surface area contributed by atoms with E-state index in [-0.39, 0.29) is 42.9 Å². The number of aliphatic hydroxyl groups excluding tert-OH is 2. The molecule has 0 spiro atoms. The third-order valence-corrected chi connectivity index (χ3v) is 7.41. The van der Waals surface area contributed by atoms with Crippen molar-refractivity contribution in [2.24, 2.45) is 23.5 Å². The second-order valence-electron chi connectivity index (χ2n) is 9.89. The Kier molecular flexibility index (Phi) is 7.00. The first kappa shape index (κ1) is 26.2. The maximum absolute atomic E-state index is 13.7. The molecule has 0 heterocycles. The summed E-state index contributed by atoms with van der Waals surface area (Å²) in [7, 11) is 3.32. The average Bonchev–Trinajstić information content (AvgIpc) is 2.81. The Balaban J connectivity index is 1.76. The third kappa shape index (κ3) is 4.33. The SMILES string of the molecule is CCCOC(=O)NCc1ccc(O)c2c1C[C@H]1C[C@@H]3C(C(=O)C(C(N)=O)=C(O)[C@H]3N(C)C)C(=O)C1=C2O. The highest BCUT2D eigenvalue weighted by atomic mass is 16.5. The number of nitrogens with zero attached hydrogens (tertiary/aromatic N) is 1. The number of primary amides is 1. The van der Waals surface area contributed by atoms with Crippen LogP contribution in [0.2, 0.25) is 0 Å². The van der Waals surface area contributed by atoms with Crippen LogP contribution in [0.3, 0.4) is 0 Å². The number of phenolic OH excluding ortho intramolecular Hbond substituents is 1. The molecule has 4 rings (SSSR count). The first-order chi connectivity index (χ1) is 17.5. The van der Waals surface area contributed by atoms with Gasteiger partial charge in [0.15, 0.2) is 11.6 Å². The Hall–Kier alpha value is -3.86. The Morgan fingerprint density at radius 1 is 1.16 bits per heavy atom. The van der Waals surface area contributed by atoms with E-state index < -0.39 is 64.5 Å². The van der Waals surface area contributed by atoms with Gasteiger partial charge in [-0.2, -0.15) is 0 Å². The summed E-state index contributed by atoms with van der Waals surface area (Å²) in [6.45, 7) is 2.21. The van der Waals surface area contributed by atoms with E-state index in [2.05, 4.69) is 5.32 Å². The lowest BCUT2D eigenvalue weighted by Gasteiger charge is -2.46. The molecule has 11 nitrogen and oxygen atoms in total. The van der Waals surface area contributed by atoms with Crippen molar-refractivity contribution >= 4 is 29.3 Å². The standard InChI is InChI=1S/C26H31N3O8/c1-4-7-37-26(36)28-10-11-5-6-15(30)17-13(11)8-12-9-14-18(22(32)16(12)21(17)31)23(33)19(25(27)35)24(34)20(14)29(2)3/h5-6,12,14,18,20,30-31,34H,4,7-10H2,1-3H3,(H2,27,35)(H,28,36)/t12-,14+,18?,20-/m0/s1. The van der Waals surface area contributed by atoms with Crippen LogP contribution in [0, 0.1) is 17.8 Å². The first-order valence-electron chi connectivity index (χ1n) is 12.1. The zero-order chi connectivity index (χ0) is 27.2. The van der Waals surface area contributed by atoms with Gasteiger partial charge in [-0.1, -0.05) is 13.0 Å². The van der Waals surface area contributed by atoms with Crippen molar-refractivity contribution < 1.29 is 39.2 Å². The summed E-state index contributed by atoms with van der Waals surface area (Å²) in [4.78, 5) is 52.5. The van der Waals surface area contributed by atoms with Gasteiger partial charge in [0.05, 0.1) is 24.1 Å². The van der Waals surface area contributed by atoms with E-state index in [0.717, 1.165) is 0 Å². The third-order valence-electron chi connectivity index (χ3n) is 7.41. The molecule has 0 aromatic heterocycles.